The van der Waals surface area contributed by atoms with Gasteiger partial charge in [0, 0.05) is 6.26 Å². The molecule has 0 heterocycles. The summed E-state index contributed by atoms with van der Waals surface area (Å²) in [6.45, 7) is 5.95. The van der Waals surface area contributed by atoms with Crippen molar-refractivity contribution >= 4 is 31.7 Å². The van der Waals surface area contributed by atoms with E-state index in [0.29, 0.717) is 11.7 Å². The molecular formula is C20H24BrNO4S. The van der Waals surface area contributed by atoms with Crippen LogP contribution in [-0.4, -0.2) is 27.2 Å². The zero-order valence-corrected chi connectivity index (χ0v) is 18.2. The van der Waals surface area contributed by atoms with Crippen molar-refractivity contribution in [2.45, 2.75) is 37.6 Å². The van der Waals surface area contributed by atoms with Crippen molar-refractivity contribution in [2.75, 3.05) is 12.9 Å². The molecule has 0 unspecified atom stereocenters. The Hall–Kier alpha value is -1.86. The summed E-state index contributed by atoms with van der Waals surface area (Å²) in [6, 6.07) is 12.0. The molecule has 0 saturated carbocycles. The molecule has 0 fully saturated rings. The van der Waals surface area contributed by atoms with Crippen molar-refractivity contribution in [3.8, 4) is 5.75 Å². The molecule has 146 valence electrons. The minimum Gasteiger partial charge on any atom is -0.483 e. The fourth-order valence-corrected chi connectivity index (χ4v) is 3.65. The van der Waals surface area contributed by atoms with Gasteiger partial charge in [-0.05, 0) is 64.2 Å². The van der Waals surface area contributed by atoms with Crippen LogP contribution in [0.15, 0.2) is 51.8 Å². The molecule has 2 aromatic rings. The lowest BCUT2D eigenvalue weighted by atomic mass is 10.0. The molecule has 2 aromatic carbocycles. The van der Waals surface area contributed by atoms with Gasteiger partial charge in [-0.25, -0.2) is 8.42 Å². The third-order valence-corrected chi connectivity index (χ3v) is 5.92. The number of benzene rings is 2. The van der Waals surface area contributed by atoms with E-state index >= 15 is 0 Å². The Morgan fingerprint density at radius 3 is 2.19 bits per heavy atom. The summed E-state index contributed by atoms with van der Waals surface area (Å²) in [5.74, 6) is 0.766. The number of carbonyl (C=O) groups excluding carboxylic acids is 1. The molecule has 27 heavy (non-hydrogen) atoms. The lowest BCUT2D eigenvalue weighted by Crippen LogP contribution is -2.31. The van der Waals surface area contributed by atoms with E-state index in [-0.39, 0.29) is 23.5 Å². The molecule has 5 nitrogen and oxygen atoms in total. The van der Waals surface area contributed by atoms with Gasteiger partial charge < -0.3 is 10.1 Å². The summed E-state index contributed by atoms with van der Waals surface area (Å²) in [6.07, 6.45) is 1.16. The topological polar surface area (TPSA) is 72.5 Å². The van der Waals surface area contributed by atoms with Crippen molar-refractivity contribution in [3.63, 3.8) is 0 Å². The van der Waals surface area contributed by atoms with Gasteiger partial charge in [0.2, 0.25) is 0 Å². The van der Waals surface area contributed by atoms with Crippen LogP contribution in [0, 0.1) is 0 Å². The van der Waals surface area contributed by atoms with Crippen LogP contribution in [0.25, 0.3) is 0 Å². The van der Waals surface area contributed by atoms with Gasteiger partial charge >= 0.3 is 0 Å². The molecule has 0 radical (unpaired) electrons. The fraction of sp³-hybridized carbons (Fsp3) is 0.350. The molecular weight excluding hydrogens is 430 g/mol. The highest BCUT2D eigenvalue weighted by Crippen LogP contribution is 2.28. The van der Waals surface area contributed by atoms with Crippen molar-refractivity contribution in [1.29, 1.82) is 0 Å². The lowest BCUT2D eigenvalue weighted by molar-refractivity contribution is -0.123. The predicted molar refractivity (Wildman–Crippen MR) is 110 cm³/mol. The van der Waals surface area contributed by atoms with Crippen LogP contribution in [-0.2, 0) is 14.6 Å². The highest BCUT2D eigenvalue weighted by molar-refractivity contribution is 9.10. The molecule has 2 rings (SSSR count). The zero-order chi connectivity index (χ0) is 20.2. The Balaban J connectivity index is 1.93. The van der Waals surface area contributed by atoms with E-state index in [0.717, 1.165) is 16.3 Å². The number of hydrogen-bond donors (Lipinski definition) is 1. The van der Waals surface area contributed by atoms with E-state index in [1.165, 1.54) is 17.7 Å². The van der Waals surface area contributed by atoms with E-state index in [1.807, 2.05) is 25.1 Å². The monoisotopic (exact) mass is 453 g/mol. The van der Waals surface area contributed by atoms with Crippen LogP contribution in [0.4, 0.5) is 0 Å². The highest BCUT2D eigenvalue weighted by atomic mass is 79.9. The molecule has 0 spiro atoms. The Kier molecular flexibility index (Phi) is 7.06. The van der Waals surface area contributed by atoms with Gasteiger partial charge in [0.25, 0.3) is 5.91 Å². The summed E-state index contributed by atoms with van der Waals surface area (Å²) < 4.78 is 29.4. The number of halogens is 1. The van der Waals surface area contributed by atoms with Gasteiger partial charge in [-0.1, -0.05) is 32.0 Å². The first kappa shape index (κ1) is 21.4. The van der Waals surface area contributed by atoms with E-state index in [4.69, 9.17) is 4.74 Å². The normalized spacial score (nSPS) is 12.7. The van der Waals surface area contributed by atoms with E-state index in [9.17, 15) is 13.2 Å². The largest absolute Gasteiger partial charge is 0.483 e. The lowest BCUT2D eigenvalue weighted by Gasteiger charge is -2.16. The van der Waals surface area contributed by atoms with Crippen LogP contribution in [0.5, 0.6) is 5.75 Å². The standard InChI is InChI=1S/C20H24BrNO4S/c1-13(2)16-7-10-19(18(21)11-16)26-12-20(23)22-14(3)15-5-8-17(9-6-15)27(4,24)25/h5-11,13-14H,12H2,1-4H3,(H,22,23)/t14-/m0/s1. The number of carbonyl (C=O) groups is 1. The van der Waals surface area contributed by atoms with Crippen molar-refractivity contribution in [2.24, 2.45) is 0 Å². The Labute approximate surface area is 169 Å². The van der Waals surface area contributed by atoms with Crippen molar-refractivity contribution in [1.82, 2.24) is 5.32 Å². The van der Waals surface area contributed by atoms with Gasteiger partial charge in [-0.15, -0.1) is 0 Å². The second-order valence-electron chi connectivity index (χ2n) is 6.76. The first-order valence-electron chi connectivity index (χ1n) is 8.59. The van der Waals surface area contributed by atoms with Gasteiger partial charge in [0.15, 0.2) is 16.4 Å². The van der Waals surface area contributed by atoms with E-state index < -0.39 is 9.84 Å². The maximum absolute atomic E-state index is 12.2. The Morgan fingerprint density at radius 2 is 1.67 bits per heavy atom. The predicted octanol–water partition coefficient (Wildman–Crippen LogP) is 4.23. The average Bonchev–Trinajstić information content (AvgIpc) is 2.59. The Morgan fingerprint density at radius 1 is 1.07 bits per heavy atom. The number of ether oxygens (including phenoxy) is 1. The molecule has 0 saturated heterocycles. The fourth-order valence-electron chi connectivity index (χ4n) is 2.51. The smallest absolute Gasteiger partial charge is 0.258 e. The van der Waals surface area contributed by atoms with E-state index in [2.05, 4.69) is 35.1 Å². The van der Waals surface area contributed by atoms with Crippen molar-refractivity contribution in [3.05, 3.63) is 58.1 Å². The second-order valence-corrected chi connectivity index (χ2v) is 9.63. The average molecular weight is 454 g/mol. The molecule has 7 heteroatoms. The number of hydrogen-bond acceptors (Lipinski definition) is 4. The van der Waals surface area contributed by atoms with Crippen LogP contribution in [0.1, 0.15) is 43.9 Å². The molecule has 0 aliphatic carbocycles. The van der Waals surface area contributed by atoms with Crippen LogP contribution < -0.4 is 10.1 Å². The second kappa shape index (κ2) is 8.89. The quantitative estimate of drug-likeness (QED) is 0.680. The maximum atomic E-state index is 12.2. The minimum absolute atomic E-state index is 0.106. The number of sulfone groups is 1. The maximum Gasteiger partial charge on any atom is 0.258 e. The minimum atomic E-state index is -3.23. The summed E-state index contributed by atoms with van der Waals surface area (Å²) in [7, 11) is -3.23. The third-order valence-electron chi connectivity index (χ3n) is 4.17. The molecule has 0 bridgehead atoms. The summed E-state index contributed by atoms with van der Waals surface area (Å²) in [4.78, 5) is 12.4. The SMILES string of the molecule is CC(C)c1ccc(OCC(=O)N[C@@H](C)c2ccc(S(C)(=O)=O)cc2)c(Br)c1. The van der Waals surface area contributed by atoms with Gasteiger partial charge in [0.1, 0.15) is 5.75 Å². The van der Waals surface area contributed by atoms with Crippen LogP contribution >= 0.6 is 15.9 Å². The molecule has 0 aliphatic rings. The van der Waals surface area contributed by atoms with Crippen LogP contribution in [0.2, 0.25) is 0 Å². The first-order chi connectivity index (χ1) is 12.6. The van der Waals surface area contributed by atoms with Crippen LogP contribution in [0.3, 0.4) is 0 Å². The number of nitrogens with one attached hydrogen (secondary N) is 1. The summed E-state index contributed by atoms with van der Waals surface area (Å²) in [5.41, 5.74) is 2.00. The van der Waals surface area contributed by atoms with Gasteiger partial charge in [-0.2, -0.15) is 0 Å². The van der Waals surface area contributed by atoms with Crippen molar-refractivity contribution < 1.29 is 17.9 Å². The molecule has 1 atom stereocenters. The molecule has 0 aliphatic heterocycles. The Bertz CT molecular complexity index is 908. The number of rotatable bonds is 7. The molecule has 1 N–H and O–H groups in total. The van der Waals surface area contributed by atoms with Gasteiger partial charge in [0.05, 0.1) is 15.4 Å². The third kappa shape index (κ3) is 6.07. The summed E-state index contributed by atoms with van der Waals surface area (Å²) >= 11 is 3.47. The highest BCUT2D eigenvalue weighted by Gasteiger charge is 2.13. The number of amides is 1. The first-order valence-corrected chi connectivity index (χ1v) is 11.3. The summed E-state index contributed by atoms with van der Waals surface area (Å²) in [5, 5.41) is 2.85. The van der Waals surface area contributed by atoms with Gasteiger partial charge in [-0.3, -0.25) is 4.79 Å². The van der Waals surface area contributed by atoms with E-state index in [1.54, 1.807) is 12.1 Å². The zero-order valence-electron chi connectivity index (χ0n) is 15.8. The molecule has 1 amide bonds. The molecule has 0 aromatic heterocycles.